The first-order chi connectivity index (χ1) is 17.4. The summed E-state index contributed by atoms with van der Waals surface area (Å²) in [5, 5.41) is 10.2. The number of nitrogens with zero attached hydrogens (tertiary/aromatic N) is 3. The molecule has 0 fully saturated rings. The van der Waals surface area contributed by atoms with Crippen molar-refractivity contribution in [3.8, 4) is 23.1 Å². The lowest BCUT2D eigenvalue weighted by atomic mass is 10.1. The molecule has 0 aliphatic carbocycles. The molecule has 0 bridgehead atoms. The molecule has 6 nitrogen and oxygen atoms in total. The lowest BCUT2D eigenvalue weighted by Gasteiger charge is -2.17. The number of alkyl halides is 3. The summed E-state index contributed by atoms with van der Waals surface area (Å²) in [5.41, 5.74) is 0.753. The molecule has 0 saturated heterocycles. The maximum atomic E-state index is 14.9. The van der Waals surface area contributed by atoms with Crippen LogP contribution >= 0.6 is 0 Å². The largest absolute Gasteiger partial charge is 0.404 e. The number of para-hydroxylation sites is 1. The SMILES string of the molecule is CCc1cc2c(cc1F)c(C#N)c(-c1ccc(S(=O)(=O)NC(C)C(F)(F)F)cn1)n2-c1ccccc1F. The minimum atomic E-state index is -4.80. The molecule has 0 radical (unpaired) electrons. The lowest BCUT2D eigenvalue weighted by Crippen LogP contribution is -2.42. The average Bonchev–Trinajstić information content (AvgIpc) is 3.15. The maximum absolute atomic E-state index is 14.9. The van der Waals surface area contributed by atoms with Crippen LogP contribution in [-0.2, 0) is 16.4 Å². The van der Waals surface area contributed by atoms with Gasteiger partial charge in [-0.25, -0.2) is 17.2 Å². The van der Waals surface area contributed by atoms with Crippen molar-refractivity contribution in [1.82, 2.24) is 14.3 Å². The van der Waals surface area contributed by atoms with E-state index in [2.05, 4.69) is 4.98 Å². The summed E-state index contributed by atoms with van der Waals surface area (Å²) in [4.78, 5) is 3.54. The number of pyridine rings is 1. The molecule has 192 valence electrons. The van der Waals surface area contributed by atoms with Crippen molar-refractivity contribution in [3.05, 3.63) is 77.5 Å². The van der Waals surface area contributed by atoms with Crippen LogP contribution in [-0.4, -0.2) is 30.2 Å². The van der Waals surface area contributed by atoms with Crippen molar-refractivity contribution in [3.63, 3.8) is 0 Å². The van der Waals surface area contributed by atoms with Gasteiger partial charge in [0.1, 0.15) is 28.6 Å². The van der Waals surface area contributed by atoms with E-state index in [1.807, 2.05) is 6.07 Å². The van der Waals surface area contributed by atoms with Gasteiger partial charge in [-0.2, -0.15) is 23.2 Å². The summed E-state index contributed by atoms with van der Waals surface area (Å²) in [5.74, 6) is -1.19. The summed E-state index contributed by atoms with van der Waals surface area (Å²) in [6.45, 7) is 2.40. The van der Waals surface area contributed by atoms with Gasteiger partial charge < -0.3 is 4.57 Å². The third-order valence-corrected chi connectivity index (χ3v) is 7.36. The average molecular weight is 535 g/mol. The monoisotopic (exact) mass is 534 g/mol. The second-order valence-corrected chi connectivity index (χ2v) is 9.91. The third kappa shape index (κ3) is 4.80. The number of hydrogen-bond acceptors (Lipinski definition) is 4. The van der Waals surface area contributed by atoms with E-state index in [0.717, 1.165) is 12.3 Å². The van der Waals surface area contributed by atoms with Crippen LogP contribution in [0.25, 0.3) is 28.0 Å². The zero-order chi connectivity index (χ0) is 27.1. The number of hydrogen-bond donors (Lipinski definition) is 1. The zero-order valence-electron chi connectivity index (χ0n) is 19.4. The standard InChI is InChI=1S/C25H19F5N4O2S/c1-3-15-10-23-17(11-20(15)27)18(12-31)24(34(23)22-7-5-4-6-19(22)26)21-9-8-16(13-32-21)37(35,36)33-14(2)25(28,29)30/h4-11,13-14,33H,3H2,1-2H3. The van der Waals surface area contributed by atoms with Crippen LogP contribution in [0, 0.1) is 23.0 Å². The minimum absolute atomic E-state index is 0.0253. The topological polar surface area (TPSA) is 87.8 Å². The Morgan fingerprint density at radius 2 is 1.81 bits per heavy atom. The van der Waals surface area contributed by atoms with Crippen molar-refractivity contribution in [2.75, 3.05) is 0 Å². The summed E-state index contributed by atoms with van der Waals surface area (Å²) < 4.78 is 96.0. The molecule has 0 spiro atoms. The molecule has 4 rings (SSSR count). The van der Waals surface area contributed by atoms with Gasteiger partial charge in [-0.05, 0) is 55.3 Å². The second kappa shape index (κ2) is 9.57. The van der Waals surface area contributed by atoms with Crippen molar-refractivity contribution in [2.45, 2.75) is 37.4 Å². The van der Waals surface area contributed by atoms with Crippen LogP contribution in [0.4, 0.5) is 22.0 Å². The quantitative estimate of drug-likeness (QED) is 0.325. The Bertz CT molecular complexity index is 1640. The van der Waals surface area contributed by atoms with E-state index in [4.69, 9.17) is 0 Å². The highest BCUT2D eigenvalue weighted by Gasteiger charge is 2.39. The molecule has 1 N–H and O–H groups in total. The van der Waals surface area contributed by atoms with Crippen LogP contribution in [0.15, 0.2) is 59.6 Å². The smallest absolute Gasteiger partial charge is 0.304 e. The molecular formula is C25H19F5N4O2S. The van der Waals surface area contributed by atoms with Crippen LogP contribution in [0.3, 0.4) is 0 Å². The molecule has 0 aliphatic rings. The summed E-state index contributed by atoms with van der Waals surface area (Å²) in [6.07, 6.45) is -3.63. The fraction of sp³-hybridized carbons (Fsp3) is 0.200. The molecule has 2 heterocycles. The van der Waals surface area contributed by atoms with Crippen LogP contribution < -0.4 is 4.72 Å². The summed E-state index contributed by atoms with van der Waals surface area (Å²) in [6, 6.07) is 10.2. The first-order valence-corrected chi connectivity index (χ1v) is 12.4. The Balaban J connectivity index is 1.95. The molecule has 12 heteroatoms. The normalized spacial score (nSPS) is 13.0. The van der Waals surface area contributed by atoms with Gasteiger partial charge in [-0.1, -0.05) is 19.1 Å². The number of rotatable bonds is 6. The van der Waals surface area contributed by atoms with E-state index < -0.39 is 38.8 Å². The lowest BCUT2D eigenvalue weighted by molar-refractivity contribution is -0.147. The predicted octanol–water partition coefficient (Wildman–Crippen LogP) is 5.63. The number of halogens is 5. The van der Waals surface area contributed by atoms with E-state index in [1.165, 1.54) is 45.7 Å². The Labute approximate surface area is 209 Å². The number of aryl methyl sites for hydroxylation is 1. The number of aromatic nitrogens is 2. The molecule has 1 unspecified atom stereocenters. The molecular weight excluding hydrogens is 515 g/mol. The van der Waals surface area contributed by atoms with Crippen molar-refractivity contribution < 1.29 is 30.4 Å². The van der Waals surface area contributed by atoms with E-state index in [9.17, 15) is 35.6 Å². The molecule has 4 aromatic rings. The number of nitriles is 1. The van der Waals surface area contributed by atoms with Crippen LogP contribution in [0.2, 0.25) is 0 Å². The molecule has 2 aromatic heterocycles. The summed E-state index contributed by atoms with van der Waals surface area (Å²) in [7, 11) is -4.58. The van der Waals surface area contributed by atoms with Crippen LogP contribution in [0.1, 0.15) is 25.0 Å². The van der Waals surface area contributed by atoms with Gasteiger partial charge >= 0.3 is 6.18 Å². The molecule has 2 aromatic carbocycles. The Kier molecular flexibility index (Phi) is 6.79. The fourth-order valence-electron chi connectivity index (χ4n) is 3.91. The number of benzene rings is 2. The molecule has 1 atom stereocenters. The number of nitrogens with one attached hydrogen (secondary N) is 1. The Morgan fingerprint density at radius 1 is 1.11 bits per heavy atom. The highest BCUT2D eigenvalue weighted by atomic mass is 32.2. The third-order valence-electron chi connectivity index (χ3n) is 5.83. The van der Waals surface area contributed by atoms with Crippen LogP contribution in [0.5, 0.6) is 0 Å². The van der Waals surface area contributed by atoms with Gasteiger partial charge in [-0.3, -0.25) is 4.98 Å². The highest BCUT2D eigenvalue weighted by Crippen LogP contribution is 2.37. The molecule has 0 amide bonds. The predicted molar refractivity (Wildman–Crippen MR) is 126 cm³/mol. The fourth-order valence-corrected chi connectivity index (χ4v) is 5.08. The molecule has 0 aliphatic heterocycles. The highest BCUT2D eigenvalue weighted by molar-refractivity contribution is 7.89. The van der Waals surface area contributed by atoms with Gasteiger partial charge in [-0.15, -0.1) is 0 Å². The molecule has 0 saturated carbocycles. The maximum Gasteiger partial charge on any atom is 0.404 e. The Hall–Kier alpha value is -3.82. The van der Waals surface area contributed by atoms with Gasteiger partial charge in [0.05, 0.1) is 28.2 Å². The number of sulfonamides is 1. The number of fused-ring (bicyclic) bond motifs is 1. The van der Waals surface area contributed by atoms with Crippen molar-refractivity contribution >= 4 is 20.9 Å². The van der Waals surface area contributed by atoms with E-state index >= 15 is 0 Å². The first-order valence-electron chi connectivity index (χ1n) is 11.0. The Morgan fingerprint density at radius 3 is 2.38 bits per heavy atom. The zero-order valence-corrected chi connectivity index (χ0v) is 20.3. The van der Waals surface area contributed by atoms with Crippen molar-refractivity contribution in [1.29, 1.82) is 5.26 Å². The van der Waals surface area contributed by atoms with E-state index in [0.29, 0.717) is 24.4 Å². The first kappa shape index (κ1) is 26.2. The van der Waals surface area contributed by atoms with Gasteiger partial charge in [0.25, 0.3) is 0 Å². The summed E-state index contributed by atoms with van der Waals surface area (Å²) >= 11 is 0. The van der Waals surface area contributed by atoms with E-state index in [1.54, 1.807) is 13.0 Å². The minimum Gasteiger partial charge on any atom is -0.304 e. The molecule has 37 heavy (non-hydrogen) atoms. The second-order valence-electron chi connectivity index (χ2n) is 8.20. The van der Waals surface area contributed by atoms with Gasteiger partial charge in [0.15, 0.2) is 0 Å². The van der Waals surface area contributed by atoms with Gasteiger partial charge in [0, 0.05) is 11.6 Å². The van der Waals surface area contributed by atoms with Crippen molar-refractivity contribution in [2.24, 2.45) is 0 Å². The van der Waals surface area contributed by atoms with Gasteiger partial charge in [0.2, 0.25) is 10.0 Å². The van der Waals surface area contributed by atoms with E-state index in [-0.39, 0.29) is 28.0 Å².